The molecule has 1 aromatic heterocycles. The SMILES string of the molecule is O=C(NCc1ncc[nH]1)c1ccc(CO)cc1. The summed E-state index contributed by atoms with van der Waals surface area (Å²) in [6, 6.07) is 6.82. The van der Waals surface area contributed by atoms with E-state index in [0.717, 1.165) is 5.56 Å². The molecule has 2 aromatic rings. The van der Waals surface area contributed by atoms with Crippen LogP contribution in [0.15, 0.2) is 36.7 Å². The predicted molar refractivity (Wildman–Crippen MR) is 62.1 cm³/mol. The summed E-state index contributed by atoms with van der Waals surface area (Å²) in [6.45, 7) is 0.349. The molecule has 0 aliphatic rings. The molecule has 1 heterocycles. The van der Waals surface area contributed by atoms with E-state index in [4.69, 9.17) is 5.11 Å². The number of rotatable bonds is 4. The molecule has 0 saturated carbocycles. The zero-order valence-corrected chi connectivity index (χ0v) is 9.18. The summed E-state index contributed by atoms with van der Waals surface area (Å²) in [5.74, 6) is 0.552. The molecule has 0 bridgehead atoms. The number of hydrogen-bond acceptors (Lipinski definition) is 3. The van der Waals surface area contributed by atoms with Gasteiger partial charge >= 0.3 is 0 Å². The van der Waals surface area contributed by atoms with Crippen LogP contribution in [0.5, 0.6) is 0 Å². The van der Waals surface area contributed by atoms with Crippen LogP contribution in [0.1, 0.15) is 21.7 Å². The van der Waals surface area contributed by atoms with E-state index in [2.05, 4.69) is 15.3 Å². The maximum Gasteiger partial charge on any atom is 0.251 e. The molecule has 0 fully saturated rings. The number of aliphatic hydroxyl groups is 1. The topological polar surface area (TPSA) is 78.0 Å². The highest BCUT2D eigenvalue weighted by atomic mass is 16.3. The summed E-state index contributed by atoms with van der Waals surface area (Å²) in [4.78, 5) is 18.6. The summed E-state index contributed by atoms with van der Waals surface area (Å²) in [5, 5.41) is 11.6. The van der Waals surface area contributed by atoms with Crippen LogP contribution in [0, 0.1) is 0 Å². The third-order valence-electron chi connectivity index (χ3n) is 2.37. The van der Waals surface area contributed by atoms with Gasteiger partial charge in [0.2, 0.25) is 0 Å². The molecule has 1 amide bonds. The Labute approximate surface area is 98.5 Å². The van der Waals surface area contributed by atoms with Gasteiger partial charge in [-0.25, -0.2) is 4.98 Å². The van der Waals surface area contributed by atoms with Crippen molar-refractivity contribution in [2.24, 2.45) is 0 Å². The van der Waals surface area contributed by atoms with Gasteiger partial charge in [-0.15, -0.1) is 0 Å². The smallest absolute Gasteiger partial charge is 0.251 e. The molecule has 2 rings (SSSR count). The molecule has 88 valence electrons. The molecule has 0 aliphatic heterocycles. The molecule has 0 spiro atoms. The molecule has 5 nitrogen and oxygen atoms in total. The number of aliphatic hydroxyl groups excluding tert-OH is 1. The number of benzene rings is 1. The highest BCUT2D eigenvalue weighted by molar-refractivity contribution is 5.94. The van der Waals surface area contributed by atoms with Crippen LogP contribution in [-0.2, 0) is 13.2 Å². The first-order valence-corrected chi connectivity index (χ1v) is 5.26. The highest BCUT2D eigenvalue weighted by Crippen LogP contribution is 2.04. The molecule has 3 N–H and O–H groups in total. The van der Waals surface area contributed by atoms with Crippen molar-refractivity contribution in [1.29, 1.82) is 0 Å². The lowest BCUT2D eigenvalue weighted by molar-refractivity contribution is 0.0950. The van der Waals surface area contributed by atoms with Gasteiger partial charge < -0.3 is 15.4 Å². The van der Waals surface area contributed by atoms with Crippen LogP contribution < -0.4 is 5.32 Å². The number of carbonyl (C=O) groups is 1. The van der Waals surface area contributed by atoms with Gasteiger partial charge in [0.15, 0.2) is 0 Å². The largest absolute Gasteiger partial charge is 0.392 e. The first kappa shape index (κ1) is 11.3. The minimum absolute atomic E-state index is 0.0195. The fraction of sp³-hybridized carbons (Fsp3) is 0.167. The fourth-order valence-corrected chi connectivity index (χ4v) is 1.42. The summed E-state index contributed by atoms with van der Waals surface area (Å²) < 4.78 is 0. The fourth-order valence-electron chi connectivity index (χ4n) is 1.42. The Morgan fingerprint density at radius 2 is 2.12 bits per heavy atom. The van der Waals surface area contributed by atoms with E-state index in [-0.39, 0.29) is 12.5 Å². The minimum Gasteiger partial charge on any atom is -0.392 e. The number of carbonyl (C=O) groups excluding carboxylic acids is 1. The van der Waals surface area contributed by atoms with E-state index in [1.54, 1.807) is 36.7 Å². The molecule has 0 saturated heterocycles. The Morgan fingerprint density at radius 3 is 2.71 bits per heavy atom. The van der Waals surface area contributed by atoms with Gasteiger partial charge in [0.05, 0.1) is 13.2 Å². The molecular formula is C12H13N3O2. The zero-order chi connectivity index (χ0) is 12.1. The summed E-state index contributed by atoms with van der Waals surface area (Å²) in [7, 11) is 0. The van der Waals surface area contributed by atoms with Crippen molar-refractivity contribution < 1.29 is 9.90 Å². The van der Waals surface area contributed by atoms with Crippen molar-refractivity contribution in [1.82, 2.24) is 15.3 Å². The molecule has 0 aliphatic carbocycles. The van der Waals surface area contributed by atoms with Crippen molar-refractivity contribution >= 4 is 5.91 Å². The second-order valence-corrected chi connectivity index (χ2v) is 3.57. The quantitative estimate of drug-likeness (QED) is 0.729. The van der Waals surface area contributed by atoms with E-state index < -0.39 is 0 Å². The summed E-state index contributed by atoms with van der Waals surface area (Å²) in [5.41, 5.74) is 1.35. The monoisotopic (exact) mass is 231 g/mol. The van der Waals surface area contributed by atoms with Crippen LogP contribution in [0.3, 0.4) is 0 Å². The number of aromatic nitrogens is 2. The Morgan fingerprint density at radius 1 is 1.35 bits per heavy atom. The zero-order valence-electron chi connectivity index (χ0n) is 9.18. The van der Waals surface area contributed by atoms with Gasteiger partial charge in [0, 0.05) is 18.0 Å². The molecule has 0 unspecified atom stereocenters. The Bertz CT molecular complexity index is 477. The van der Waals surface area contributed by atoms with E-state index in [9.17, 15) is 4.79 Å². The highest BCUT2D eigenvalue weighted by Gasteiger charge is 2.05. The van der Waals surface area contributed by atoms with Crippen LogP contribution in [0.2, 0.25) is 0 Å². The number of nitrogens with one attached hydrogen (secondary N) is 2. The first-order valence-electron chi connectivity index (χ1n) is 5.26. The third-order valence-corrected chi connectivity index (χ3v) is 2.37. The van der Waals surface area contributed by atoms with Crippen LogP contribution >= 0.6 is 0 Å². The number of imidazole rings is 1. The number of nitrogens with zero attached hydrogens (tertiary/aromatic N) is 1. The van der Waals surface area contributed by atoms with Gasteiger partial charge in [0.1, 0.15) is 5.82 Å². The van der Waals surface area contributed by atoms with E-state index >= 15 is 0 Å². The van der Waals surface area contributed by atoms with E-state index in [1.165, 1.54) is 0 Å². The lowest BCUT2D eigenvalue weighted by atomic mass is 10.1. The molecule has 0 atom stereocenters. The Kier molecular flexibility index (Phi) is 3.52. The van der Waals surface area contributed by atoms with Gasteiger partial charge in [-0.2, -0.15) is 0 Å². The van der Waals surface area contributed by atoms with Crippen molar-refractivity contribution in [3.05, 3.63) is 53.6 Å². The van der Waals surface area contributed by atoms with Gasteiger partial charge in [0.25, 0.3) is 5.91 Å². The second-order valence-electron chi connectivity index (χ2n) is 3.57. The van der Waals surface area contributed by atoms with Gasteiger partial charge in [-0.1, -0.05) is 12.1 Å². The predicted octanol–water partition coefficient (Wildman–Crippen LogP) is 0.832. The van der Waals surface area contributed by atoms with Crippen molar-refractivity contribution in [2.75, 3.05) is 0 Å². The maximum atomic E-state index is 11.7. The average Bonchev–Trinajstić information content (AvgIpc) is 2.89. The second kappa shape index (κ2) is 5.27. The average molecular weight is 231 g/mol. The number of amides is 1. The Balaban J connectivity index is 1.95. The standard InChI is InChI=1S/C12H13N3O2/c16-8-9-1-3-10(4-2-9)12(17)15-7-11-13-5-6-14-11/h1-6,16H,7-8H2,(H,13,14)(H,15,17). The normalized spacial score (nSPS) is 10.2. The van der Waals surface area contributed by atoms with Crippen molar-refractivity contribution in [3.63, 3.8) is 0 Å². The molecule has 1 aromatic carbocycles. The van der Waals surface area contributed by atoms with Crippen molar-refractivity contribution in [2.45, 2.75) is 13.2 Å². The number of H-pyrrole nitrogens is 1. The first-order chi connectivity index (χ1) is 8.29. The minimum atomic E-state index is -0.161. The number of hydrogen-bond donors (Lipinski definition) is 3. The third kappa shape index (κ3) is 2.92. The molecular weight excluding hydrogens is 218 g/mol. The van der Waals surface area contributed by atoms with Crippen LogP contribution in [-0.4, -0.2) is 21.0 Å². The van der Waals surface area contributed by atoms with Crippen LogP contribution in [0.4, 0.5) is 0 Å². The summed E-state index contributed by atoms with van der Waals surface area (Å²) in [6.07, 6.45) is 3.34. The summed E-state index contributed by atoms with van der Waals surface area (Å²) >= 11 is 0. The molecule has 5 heteroatoms. The lowest BCUT2D eigenvalue weighted by Gasteiger charge is -2.04. The number of aromatic amines is 1. The molecule has 17 heavy (non-hydrogen) atoms. The Hall–Kier alpha value is -2.14. The molecule has 0 radical (unpaired) electrons. The van der Waals surface area contributed by atoms with Gasteiger partial charge in [-0.3, -0.25) is 4.79 Å². The maximum absolute atomic E-state index is 11.7. The lowest BCUT2D eigenvalue weighted by Crippen LogP contribution is -2.23. The van der Waals surface area contributed by atoms with E-state index in [1.807, 2.05) is 0 Å². The van der Waals surface area contributed by atoms with Crippen molar-refractivity contribution in [3.8, 4) is 0 Å². The van der Waals surface area contributed by atoms with Crippen LogP contribution in [0.25, 0.3) is 0 Å². The van der Waals surface area contributed by atoms with Gasteiger partial charge in [-0.05, 0) is 17.7 Å². The van der Waals surface area contributed by atoms with E-state index in [0.29, 0.717) is 17.9 Å².